The van der Waals surface area contributed by atoms with E-state index in [0.717, 1.165) is 10.4 Å². The van der Waals surface area contributed by atoms with Crippen LogP contribution >= 0.6 is 11.3 Å². The van der Waals surface area contributed by atoms with Crippen LogP contribution in [0.1, 0.15) is 29.0 Å². The maximum atomic E-state index is 11.7. The Morgan fingerprint density at radius 2 is 2.44 bits per heavy atom. The molecule has 0 aliphatic heterocycles. The minimum atomic E-state index is -0.100. The Labute approximate surface area is 110 Å². The molecule has 0 aliphatic carbocycles. The molecule has 0 saturated heterocycles. The molecule has 18 heavy (non-hydrogen) atoms. The van der Waals surface area contributed by atoms with Gasteiger partial charge >= 0.3 is 0 Å². The highest BCUT2D eigenvalue weighted by atomic mass is 32.1. The van der Waals surface area contributed by atoms with Crippen LogP contribution in [0.25, 0.3) is 6.08 Å². The molecule has 4 nitrogen and oxygen atoms in total. The normalized spacial score (nSPS) is 12.8. The van der Waals surface area contributed by atoms with Gasteiger partial charge in [-0.3, -0.25) is 9.89 Å². The minimum absolute atomic E-state index is 0.0506. The third kappa shape index (κ3) is 3.07. The van der Waals surface area contributed by atoms with Crippen LogP contribution in [0.4, 0.5) is 0 Å². The molecule has 0 aliphatic rings. The molecule has 0 bridgehead atoms. The number of carbonyl (C=O) groups excluding carboxylic acids is 1. The molecule has 94 valence electrons. The van der Waals surface area contributed by atoms with Crippen molar-refractivity contribution >= 4 is 23.3 Å². The summed E-state index contributed by atoms with van der Waals surface area (Å²) in [5.74, 6) is -0.100. The number of hydrogen-bond acceptors (Lipinski definition) is 3. The number of carbonyl (C=O) groups is 1. The SMILES string of the molecule is Cc1ccsc1/C=C/C(=O)NC(C)c1cn[nH]c1. The first-order valence-corrected chi connectivity index (χ1v) is 6.56. The van der Waals surface area contributed by atoms with Crippen molar-refractivity contribution in [1.29, 1.82) is 0 Å². The number of amides is 1. The van der Waals surface area contributed by atoms with E-state index in [1.54, 1.807) is 29.8 Å². The van der Waals surface area contributed by atoms with Crippen molar-refractivity contribution in [2.75, 3.05) is 0 Å². The van der Waals surface area contributed by atoms with Crippen LogP contribution in [-0.2, 0) is 4.79 Å². The zero-order valence-electron chi connectivity index (χ0n) is 10.3. The van der Waals surface area contributed by atoms with Crippen LogP contribution in [0.5, 0.6) is 0 Å². The van der Waals surface area contributed by atoms with Gasteiger partial charge in [0.25, 0.3) is 0 Å². The second kappa shape index (κ2) is 5.64. The van der Waals surface area contributed by atoms with Crippen LogP contribution in [-0.4, -0.2) is 16.1 Å². The first-order valence-electron chi connectivity index (χ1n) is 5.68. The first-order chi connectivity index (χ1) is 8.66. The Morgan fingerprint density at radius 1 is 1.61 bits per heavy atom. The van der Waals surface area contributed by atoms with Gasteiger partial charge in [0.15, 0.2) is 0 Å². The van der Waals surface area contributed by atoms with Crippen molar-refractivity contribution in [3.63, 3.8) is 0 Å². The molecule has 2 heterocycles. The van der Waals surface area contributed by atoms with Gasteiger partial charge < -0.3 is 5.32 Å². The van der Waals surface area contributed by atoms with Crippen molar-refractivity contribution in [2.24, 2.45) is 0 Å². The predicted molar refractivity (Wildman–Crippen MR) is 73.2 cm³/mol. The standard InChI is InChI=1S/C13H15N3OS/c1-9-5-6-18-12(9)3-4-13(17)16-10(2)11-7-14-15-8-11/h3-8,10H,1-2H3,(H,14,15)(H,16,17)/b4-3+. The highest BCUT2D eigenvalue weighted by Crippen LogP contribution is 2.17. The summed E-state index contributed by atoms with van der Waals surface area (Å²) in [6, 6.07) is 1.99. The third-order valence-electron chi connectivity index (χ3n) is 2.67. The van der Waals surface area contributed by atoms with E-state index in [0.29, 0.717) is 0 Å². The zero-order chi connectivity index (χ0) is 13.0. The molecular weight excluding hydrogens is 246 g/mol. The van der Waals surface area contributed by atoms with Crippen molar-refractivity contribution in [3.05, 3.63) is 45.9 Å². The largest absolute Gasteiger partial charge is 0.346 e. The number of nitrogens with zero attached hydrogens (tertiary/aromatic N) is 1. The topological polar surface area (TPSA) is 57.8 Å². The predicted octanol–water partition coefficient (Wildman–Crippen LogP) is 2.67. The smallest absolute Gasteiger partial charge is 0.244 e. The maximum absolute atomic E-state index is 11.7. The lowest BCUT2D eigenvalue weighted by molar-refractivity contribution is -0.117. The van der Waals surface area contributed by atoms with E-state index in [-0.39, 0.29) is 11.9 Å². The molecule has 1 amide bonds. The van der Waals surface area contributed by atoms with E-state index in [4.69, 9.17) is 0 Å². The number of aromatic nitrogens is 2. The Morgan fingerprint density at radius 3 is 3.06 bits per heavy atom. The molecule has 5 heteroatoms. The molecule has 1 unspecified atom stereocenters. The lowest BCUT2D eigenvalue weighted by Crippen LogP contribution is -2.24. The summed E-state index contributed by atoms with van der Waals surface area (Å²) in [7, 11) is 0. The number of nitrogens with one attached hydrogen (secondary N) is 2. The van der Waals surface area contributed by atoms with E-state index in [2.05, 4.69) is 15.5 Å². The fraction of sp³-hybridized carbons (Fsp3) is 0.231. The van der Waals surface area contributed by atoms with E-state index in [9.17, 15) is 4.79 Å². The van der Waals surface area contributed by atoms with E-state index in [1.165, 1.54) is 5.56 Å². The van der Waals surface area contributed by atoms with Crippen LogP contribution in [0.2, 0.25) is 0 Å². The summed E-state index contributed by atoms with van der Waals surface area (Å²) in [5.41, 5.74) is 2.15. The monoisotopic (exact) mass is 261 g/mol. The number of aromatic amines is 1. The molecule has 2 aromatic rings. The number of thiophene rings is 1. The summed E-state index contributed by atoms with van der Waals surface area (Å²) in [6.45, 7) is 3.95. The van der Waals surface area contributed by atoms with Gasteiger partial charge in [-0.15, -0.1) is 11.3 Å². The van der Waals surface area contributed by atoms with Gasteiger partial charge in [-0.25, -0.2) is 0 Å². The summed E-state index contributed by atoms with van der Waals surface area (Å²) >= 11 is 1.63. The fourth-order valence-electron chi connectivity index (χ4n) is 1.55. The molecule has 2 rings (SSSR count). The zero-order valence-corrected chi connectivity index (χ0v) is 11.1. The highest BCUT2D eigenvalue weighted by molar-refractivity contribution is 7.11. The highest BCUT2D eigenvalue weighted by Gasteiger charge is 2.08. The third-order valence-corrected chi connectivity index (χ3v) is 3.65. The van der Waals surface area contributed by atoms with Crippen LogP contribution in [0, 0.1) is 6.92 Å². The number of aryl methyl sites for hydroxylation is 1. The molecule has 2 aromatic heterocycles. The van der Waals surface area contributed by atoms with Crippen molar-refractivity contribution in [1.82, 2.24) is 15.5 Å². The molecule has 0 aromatic carbocycles. The summed E-state index contributed by atoms with van der Waals surface area (Å²) < 4.78 is 0. The van der Waals surface area contributed by atoms with E-state index in [1.807, 2.05) is 31.4 Å². The summed E-state index contributed by atoms with van der Waals surface area (Å²) in [6.07, 6.45) is 6.89. The molecule has 2 N–H and O–H groups in total. The average Bonchev–Trinajstić information content (AvgIpc) is 2.97. The van der Waals surface area contributed by atoms with Crippen molar-refractivity contribution in [2.45, 2.75) is 19.9 Å². The molecule has 0 fully saturated rings. The van der Waals surface area contributed by atoms with Crippen LogP contribution in [0.3, 0.4) is 0 Å². The quantitative estimate of drug-likeness (QED) is 0.831. The van der Waals surface area contributed by atoms with Gasteiger partial charge in [0.1, 0.15) is 0 Å². The van der Waals surface area contributed by atoms with Crippen molar-refractivity contribution < 1.29 is 4.79 Å². The number of rotatable bonds is 4. The maximum Gasteiger partial charge on any atom is 0.244 e. The van der Waals surface area contributed by atoms with Crippen molar-refractivity contribution in [3.8, 4) is 0 Å². The lowest BCUT2D eigenvalue weighted by Gasteiger charge is -2.09. The average molecular weight is 261 g/mol. The fourth-order valence-corrected chi connectivity index (χ4v) is 2.37. The first kappa shape index (κ1) is 12.6. The second-order valence-corrected chi connectivity index (χ2v) is 5.01. The minimum Gasteiger partial charge on any atom is -0.346 e. The van der Waals surface area contributed by atoms with Gasteiger partial charge in [0.05, 0.1) is 12.2 Å². The Balaban J connectivity index is 1.93. The molecule has 1 atom stereocenters. The van der Waals surface area contributed by atoms with E-state index < -0.39 is 0 Å². The van der Waals surface area contributed by atoms with Gasteiger partial charge in [0, 0.05) is 22.7 Å². The lowest BCUT2D eigenvalue weighted by atomic mass is 10.2. The molecular formula is C13H15N3OS. The van der Waals surface area contributed by atoms with Crippen LogP contribution in [0.15, 0.2) is 29.9 Å². The molecule has 0 radical (unpaired) electrons. The molecule has 0 saturated carbocycles. The van der Waals surface area contributed by atoms with E-state index >= 15 is 0 Å². The number of hydrogen-bond donors (Lipinski definition) is 2. The van der Waals surface area contributed by atoms with Gasteiger partial charge in [-0.05, 0) is 36.9 Å². The summed E-state index contributed by atoms with van der Waals surface area (Å²) in [5, 5.41) is 11.5. The second-order valence-electron chi connectivity index (χ2n) is 4.06. The van der Waals surface area contributed by atoms with Crippen LogP contribution < -0.4 is 5.32 Å². The Kier molecular flexibility index (Phi) is 3.94. The Hall–Kier alpha value is -1.88. The van der Waals surface area contributed by atoms with Gasteiger partial charge in [-0.1, -0.05) is 0 Å². The number of H-pyrrole nitrogens is 1. The Bertz CT molecular complexity index is 542. The molecule has 0 spiro atoms. The summed E-state index contributed by atoms with van der Waals surface area (Å²) in [4.78, 5) is 12.8. The van der Waals surface area contributed by atoms with Gasteiger partial charge in [0.2, 0.25) is 5.91 Å². The van der Waals surface area contributed by atoms with Gasteiger partial charge in [-0.2, -0.15) is 5.10 Å².